The Labute approximate surface area is 91.5 Å². The summed E-state index contributed by atoms with van der Waals surface area (Å²) in [5.41, 5.74) is 1.53. The highest BCUT2D eigenvalue weighted by Gasteiger charge is 2.34. The fourth-order valence-corrected chi connectivity index (χ4v) is 2.43. The van der Waals surface area contributed by atoms with Gasteiger partial charge >= 0.3 is 5.97 Å². The van der Waals surface area contributed by atoms with Crippen LogP contribution < -0.4 is 0 Å². The van der Waals surface area contributed by atoms with Crippen LogP contribution in [0.3, 0.4) is 0 Å². The zero-order chi connectivity index (χ0) is 10.8. The highest BCUT2D eigenvalue weighted by atomic mass is 32.2. The number of aliphatic carboxylic acids is 1. The van der Waals surface area contributed by atoms with Crippen LogP contribution in [0, 0.1) is 0 Å². The molecule has 0 aromatic carbocycles. The molecule has 15 heavy (non-hydrogen) atoms. The molecular formula is C9H12N2O3S. The van der Waals surface area contributed by atoms with Crippen molar-refractivity contribution >= 4 is 29.2 Å². The van der Waals surface area contributed by atoms with Gasteiger partial charge in [-0.1, -0.05) is 11.8 Å². The van der Waals surface area contributed by atoms with E-state index in [2.05, 4.69) is 4.99 Å². The Balaban J connectivity index is 1.89. The Hall–Kier alpha value is -1.04. The molecule has 0 aromatic heterocycles. The van der Waals surface area contributed by atoms with Crippen LogP contribution in [0.1, 0.15) is 12.8 Å². The number of nitrogens with zero attached hydrogens (tertiary/aromatic N) is 2. The van der Waals surface area contributed by atoms with Crippen molar-refractivity contribution in [2.24, 2.45) is 4.99 Å². The molecular weight excluding hydrogens is 216 g/mol. The molecule has 1 amide bonds. The lowest BCUT2D eigenvalue weighted by Gasteiger charge is -2.31. The van der Waals surface area contributed by atoms with Gasteiger partial charge in [-0.15, -0.1) is 0 Å². The smallest absolute Gasteiger partial charge is 0.319 e. The quantitative estimate of drug-likeness (QED) is 0.749. The van der Waals surface area contributed by atoms with E-state index in [-0.39, 0.29) is 18.4 Å². The van der Waals surface area contributed by atoms with Crippen molar-refractivity contribution in [3.63, 3.8) is 0 Å². The number of rotatable bonds is 3. The SMILES string of the molecule is O=C(O)C1SC=NC1CC(=O)N1CCC1. The molecule has 0 radical (unpaired) electrons. The van der Waals surface area contributed by atoms with Gasteiger partial charge in [-0.3, -0.25) is 14.6 Å². The largest absolute Gasteiger partial charge is 0.480 e. The van der Waals surface area contributed by atoms with Crippen molar-refractivity contribution < 1.29 is 14.7 Å². The minimum atomic E-state index is -0.890. The average Bonchev–Trinajstić information content (AvgIpc) is 2.48. The van der Waals surface area contributed by atoms with E-state index in [1.807, 2.05) is 0 Å². The van der Waals surface area contributed by atoms with Gasteiger partial charge in [0.2, 0.25) is 5.91 Å². The van der Waals surface area contributed by atoms with Crippen LogP contribution in [0.5, 0.6) is 0 Å². The maximum absolute atomic E-state index is 11.6. The van der Waals surface area contributed by atoms with Crippen LogP contribution in [0.2, 0.25) is 0 Å². The second-order valence-corrected chi connectivity index (χ2v) is 4.65. The average molecular weight is 228 g/mol. The normalized spacial score (nSPS) is 28.9. The van der Waals surface area contributed by atoms with E-state index in [0.29, 0.717) is 0 Å². The summed E-state index contributed by atoms with van der Waals surface area (Å²) in [6.45, 7) is 1.61. The second-order valence-electron chi connectivity index (χ2n) is 3.66. The number of carboxylic acids is 1. The molecule has 0 aromatic rings. The predicted octanol–water partition coefficient (Wildman–Crippen LogP) is 0.206. The Morgan fingerprint density at radius 1 is 1.53 bits per heavy atom. The first-order valence-electron chi connectivity index (χ1n) is 4.86. The zero-order valence-corrected chi connectivity index (χ0v) is 8.94. The van der Waals surface area contributed by atoms with Gasteiger partial charge in [0.15, 0.2) is 0 Å². The van der Waals surface area contributed by atoms with Crippen LogP contribution in [-0.4, -0.2) is 51.8 Å². The molecule has 2 rings (SSSR count). The number of carbonyl (C=O) groups is 2. The lowest BCUT2D eigenvalue weighted by molar-refractivity contribution is -0.137. The number of carbonyl (C=O) groups excluding carboxylic acids is 1. The fourth-order valence-electron chi connectivity index (χ4n) is 1.60. The van der Waals surface area contributed by atoms with Crippen molar-refractivity contribution in [2.75, 3.05) is 13.1 Å². The maximum atomic E-state index is 11.6. The molecule has 6 heteroatoms. The molecule has 5 nitrogen and oxygen atoms in total. The van der Waals surface area contributed by atoms with E-state index in [1.54, 1.807) is 4.90 Å². The minimum absolute atomic E-state index is 0.0251. The molecule has 2 aliphatic heterocycles. The Morgan fingerprint density at radius 3 is 2.80 bits per heavy atom. The third-order valence-electron chi connectivity index (χ3n) is 2.65. The summed E-state index contributed by atoms with van der Waals surface area (Å²) in [5, 5.41) is 8.29. The Bertz CT molecular complexity index is 314. The van der Waals surface area contributed by atoms with E-state index in [1.165, 1.54) is 17.3 Å². The fraction of sp³-hybridized carbons (Fsp3) is 0.667. The summed E-state index contributed by atoms with van der Waals surface area (Å²) in [6, 6.07) is -0.388. The van der Waals surface area contributed by atoms with E-state index in [9.17, 15) is 9.59 Å². The topological polar surface area (TPSA) is 70.0 Å². The highest BCUT2D eigenvalue weighted by molar-refractivity contribution is 8.13. The number of hydrogen-bond donors (Lipinski definition) is 1. The summed E-state index contributed by atoms with van der Waals surface area (Å²) < 4.78 is 0. The van der Waals surface area contributed by atoms with Crippen molar-refractivity contribution in [2.45, 2.75) is 24.1 Å². The Morgan fingerprint density at radius 2 is 2.27 bits per heavy atom. The van der Waals surface area contributed by atoms with Crippen molar-refractivity contribution in [3.05, 3.63) is 0 Å². The molecule has 2 aliphatic rings. The van der Waals surface area contributed by atoms with Gasteiger partial charge in [0.1, 0.15) is 5.25 Å². The molecule has 0 aliphatic carbocycles. The van der Waals surface area contributed by atoms with Crippen LogP contribution in [0.15, 0.2) is 4.99 Å². The van der Waals surface area contributed by atoms with E-state index in [0.717, 1.165) is 19.5 Å². The van der Waals surface area contributed by atoms with Crippen molar-refractivity contribution in [1.29, 1.82) is 0 Å². The number of hydrogen-bond acceptors (Lipinski definition) is 4. The molecule has 0 spiro atoms. The molecule has 1 N–H and O–H groups in total. The van der Waals surface area contributed by atoms with Gasteiger partial charge in [0.05, 0.1) is 18.0 Å². The first-order valence-corrected chi connectivity index (χ1v) is 5.80. The standard InChI is InChI=1S/C9H12N2O3S/c12-7(11-2-1-3-11)4-6-8(9(13)14)15-5-10-6/h5-6,8H,1-4H2,(H,13,14). The minimum Gasteiger partial charge on any atom is -0.480 e. The molecule has 2 heterocycles. The molecule has 82 valence electrons. The zero-order valence-electron chi connectivity index (χ0n) is 8.13. The van der Waals surface area contributed by atoms with E-state index < -0.39 is 11.2 Å². The number of carboxylic acid groups (broad SMARTS) is 1. The number of aliphatic imine (C=N–C) groups is 1. The molecule has 2 atom stereocenters. The van der Waals surface area contributed by atoms with Gasteiger partial charge in [0.25, 0.3) is 0 Å². The van der Waals surface area contributed by atoms with Crippen molar-refractivity contribution in [3.8, 4) is 0 Å². The molecule has 2 unspecified atom stereocenters. The molecule has 0 saturated carbocycles. The summed E-state index contributed by atoms with van der Waals surface area (Å²) >= 11 is 1.18. The van der Waals surface area contributed by atoms with E-state index >= 15 is 0 Å². The van der Waals surface area contributed by atoms with Gasteiger partial charge in [0, 0.05) is 13.1 Å². The van der Waals surface area contributed by atoms with Gasteiger partial charge in [-0.25, -0.2) is 0 Å². The van der Waals surface area contributed by atoms with Crippen LogP contribution in [0.4, 0.5) is 0 Å². The summed E-state index contributed by atoms with van der Waals surface area (Å²) in [7, 11) is 0. The first-order chi connectivity index (χ1) is 7.18. The summed E-state index contributed by atoms with van der Waals surface area (Å²) in [6.07, 6.45) is 1.28. The Kier molecular flexibility index (Phi) is 2.95. The van der Waals surface area contributed by atoms with Gasteiger partial charge in [-0.2, -0.15) is 0 Å². The lowest BCUT2D eigenvalue weighted by atomic mass is 10.1. The van der Waals surface area contributed by atoms with Gasteiger partial charge < -0.3 is 10.0 Å². The van der Waals surface area contributed by atoms with Crippen LogP contribution in [0.25, 0.3) is 0 Å². The summed E-state index contributed by atoms with van der Waals surface area (Å²) in [5.74, 6) is -0.865. The number of thioether (sulfide) groups is 1. The van der Waals surface area contributed by atoms with Crippen LogP contribution >= 0.6 is 11.8 Å². The number of amides is 1. The maximum Gasteiger partial charge on any atom is 0.319 e. The van der Waals surface area contributed by atoms with Crippen molar-refractivity contribution in [1.82, 2.24) is 4.90 Å². The highest BCUT2D eigenvalue weighted by Crippen LogP contribution is 2.25. The lowest BCUT2D eigenvalue weighted by Crippen LogP contribution is -2.44. The predicted molar refractivity (Wildman–Crippen MR) is 57.1 cm³/mol. The van der Waals surface area contributed by atoms with Gasteiger partial charge in [-0.05, 0) is 6.42 Å². The van der Waals surface area contributed by atoms with E-state index in [4.69, 9.17) is 5.11 Å². The summed E-state index contributed by atoms with van der Waals surface area (Å²) in [4.78, 5) is 28.2. The molecule has 1 saturated heterocycles. The molecule has 1 fully saturated rings. The second kappa shape index (κ2) is 4.22. The first kappa shape index (κ1) is 10.5. The molecule has 0 bridgehead atoms. The number of likely N-dealkylation sites (tertiary alicyclic amines) is 1. The van der Waals surface area contributed by atoms with Crippen LogP contribution in [-0.2, 0) is 9.59 Å². The third kappa shape index (κ3) is 2.14. The monoisotopic (exact) mass is 228 g/mol. The third-order valence-corrected chi connectivity index (χ3v) is 3.70.